The standard InChI is InChI=1S/C20H28O3/c1-13-7-8-16-15(10-13)19-17(22)11-14(6-4-5-9-21)12-18(19)23-20(16,2)3/h10-12,15-16,21-22H,4-9H2,1-3H3. The number of allylic oxidation sites excluding steroid dienone is 2. The number of aliphatic hydroxyl groups excluding tert-OH is 1. The SMILES string of the molecule is CC1=CC2c3c(O)cc(CCCCO)cc3OC(C)(C)C2CC1. The van der Waals surface area contributed by atoms with Gasteiger partial charge in [-0.05, 0) is 70.6 Å². The van der Waals surface area contributed by atoms with Crippen LogP contribution in [0.5, 0.6) is 11.5 Å². The first-order chi connectivity index (χ1) is 10.9. The van der Waals surface area contributed by atoms with E-state index in [2.05, 4.69) is 32.9 Å². The third kappa shape index (κ3) is 3.12. The van der Waals surface area contributed by atoms with Crippen LogP contribution in [0.1, 0.15) is 63.5 Å². The number of benzene rings is 1. The highest BCUT2D eigenvalue weighted by molar-refractivity contribution is 5.53. The van der Waals surface area contributed by atoms with Crippen molar-refractivity contribution in [3.63, 3.8) is 0 Å². The van der Waals surface area contributed by atoms with Crippen LogP contribution in [-0.2, 0) is 6.42 Å². The van der Waals surface area contributed by atoms with Crippen LogP contribution in [0.4, 0.5) is 0 Å². The zero-order valence-electron chi connectivity index (χ0n) is 14.4. The molecule has 0 spiro atoms. The largest absolute Gasteiger partial charge is 0.507 e. The Balaban J connectivity index is 1.99. The Hall–Kier alpha value is -1.48. The topological polar surface area (TPSA) is 49.7 Å². The van der Waals surface area contributed by atoms with Crippen molar-refractivity contribution >= 4 is 0 Å². The third-order valence-corrected chi connectivity index (χ3v) is 5.40. The van der Waals surface area contributed by atoms with E-state index in [0.717, 1.165) is 49.0 Å². The van der Waals surface area contributed by atoms with Crippen LogP contribution >= 0.6 is 0 Å². The highest BCUT2D eigenvalue weighted by Crippen LogP contribution is 2.53. The molecule has 1 aromatic carbocycles. The minimum absolute atomic E-state index is 0.217. The Bertz CT molecular complexity index is 616. The highest BCUT2D eigenvalue weighted by atomic mass is 16.5. The lowest BCUT2D eigenvalue weighted by Crippen LogP contribution is -2.45. The number of unbranched alkanes of at least 4 members (excludes halogenated alkanes) is 1. The molecule has 126 valence electrons. The van der Waals surface area contributed by atoms with Crippen molar-refractivity contribution in [2.24, 2.45) is 5.92 Å². The van der Waals surface area contributed by atoms with E-state index >= 15 is 0 Å². The van der Waals surface area contributed by atoms with Gasteiger partial charge in [-0.25, -0.2) is 0 Å². The Labute approximate surface area is 139 Å². The van der Waals surface area contributed by atoms with Gasteiger partial charge in [-0.15, -0.1) is 0 Å². The quantitative estimate of drug-likeness (QED) is 0.642. The molecule has 0 radical (unpaired) electrons. The lowest BCUT2D eigenvalue weighted by molar-refractivity contribution is 0.0107. The molecule has 0 saturated carbocycles. The van der Waals surface area contributed by atoms with Gasteiger partial charge in [-0.1, -0.05) is 11.6 Å². The number of aliphatic hydroxyl groups is 1. The number of aromatic hydroxyl groups is 1. The summed E-state index contributed by atoms with van der Waals surface area (Å²) in [4.78, 5) is 0. The Kier molecular flexibility index (Phi) is 4.41. The summed E-state index contributed by atoms with van der Waals surface area (Å²) in [5.41, 5.74) is 3.23. The molecule has 1 heterocycles. The number of rotatable bonds is 4. The summed E-state index contributed by atoms with van der Waals surface area (Å²) < 4.78 is 6.31. The monoisotopic (exact) mass is 316 g/mol. The molecule has 1 aromatic rings. The maximum Gasteiger partial charge on any atom is 0.127 e. The zero-order chi connectivity index (χ0) is 16.6. The maximum absolute atomic E-state index is 10.6. The Morgan fingerprint density at radius 3 is 2.78 bits per heavy atom. The molecule has 2 unspecified atom stereocenters. The predicted octanol–water partition coefficient (Wildman–Crippen LogP) is 4.32. The molecule has 3 rings (SSSR count). The second kappa shape index (κ2) is 6.20. The summed E-state index contributed by atoms with van der Waals surface area (Å²) in [7, 11) is 0. The first kappa shape index (κ1) is 16.4. The van der Waals surface area contributed by atoms with Gasteiger partial charge in [0.05, 0.1) is 0 Å². The normalized spacial score (nSPS) is 25.1. The van der Waals surface area contributed by atoms with Gasteiger partial charge in [0.1, 0.15) is 17.1 Å². The molecular weight excluding hydrogens is 288 g/mol. The number of fused-ring (bicyclic) bond motifs is 3. The molecular formula is C20H28O3. The molecule has 2 atom stereocenters. The third-order valence-electron chi connectivity index (χ3n) is 5.40. The summed E-state index contributed by atoms with van der Waals surface area (Å²) in [6, 6.07) is 3.97. The molecule has 0 amide bonds. The number of phenols is 1. The average molecular weight is 316 g/mol. The van der Waals surface area contributed by atoms with E-state index in [0.29, 0.717) is 11.7 Å². The van der Waals surface area contributed by atoms with Gasteiger partial charge in [0, 0.05) is 24.0 Å². The van der Waals surface area contributed by atoms with Gasteiger partial charge in [-0.3, -0.25) is 0 Å². The minimum atomic E-state index is -0.217. The lowest BCUT2D eigenvalue weighted by atomic mass is 9.68. The van der Waals surface area contributed by atoms with Crippen molar-refractivity contribution in [1.82, 2.24) is 0 Å². The Morgan fingerprint density at radius 2 is 2.04 bits per heavy atom. The van der Waals surface area contributed by atoms with Gasteiger partial charge in [0.2, 0.25) is 0 Å². The van der Waals surface area contributed by atoms with E-state index < -0.39 is 0 Å². The van der Waals surface area contributed by atoms with Crippen LogP contribution in [0.25, 0.3) is 0 Å². The van der Waals surface area contributed by atoms with Crippen molar-refractivity contribution in [1.29, 1.82) is 0 Å². The number of aryl methyl sites for hydroxylation is 1. The van der Waals surface area contributed by atoms with Crippen LogP contribution in [0, 0.1) is 5.92 Å². The van der Waals surface area contributed by atoms with Gasteiger partial charge in [0.15, 0.2) is 0 Å². The van der Waals surface area contributed by atoms with Crippen LogP contribution in [-0.4, -0.2) is 22.4 Å². The highest BCUT2D eigenvalue weighted by Gasteiger charge is 2.45. The summed E-state index contributed by atoms with van der Waals surface area (Å²) in [6.07, 6.45) is 7.11. The molecule has 1 aliphatic carbocycles. The van der Waals surface area contributed by atoms with Gasteiger partial charge in [-0.2, -0.15) is 0 Å². The molecule has 0 fully saturated rings. The molecule has 1 aliphatic heterocycles. The molecule has 0 bridgehead atoms. The number of hydrogen-bond acceptors (Lipinski definition) is 3. The average Bonchev–Trinajstić information content (AvgIpc) is 2.46. The Morgan fingerprint density at radius 1 is 1.26 bits per heavy atom. The lowest BCUT2D eigenvalue weighted by Gasteiger charge is -2.46. The molecule has 3 nitrogen and oxygen atoms in total. The summed E-state index contributed by atoms with van der Waals surface area (Å²) in [6.45, 7) is 6.72. The fraction of sp³-hybridized carbons (Fsp3) is 0.600. The van der Waals surface area contributed by atoms with Crippen LogP contribution < -0.4 is 4.74 Å². The smallest absolute Gasteiger partial charge is 0.127 e. The molecule has 0 saturated heterocycles. The van der Waals surface area contributed by atoms with Crippen LogP contribution in [0.3, 0.4) is 0 Å². The zero-order valence-corrected chi connectivity index (χ0v) is 14.4. The maximum atomic E-state index is 10.6. The van der Waals surface area contributed by atoms with Crippen molar-refractivity contribution < 1.29 is 14.9 Å². The van der Waals surface area contributed by atoms with Gasteiger partial charge in [0.25, 0.3) is 0 Å². The summed E-state index contributed by atoms with van der Waals surface area (Å²) in [5.74, 6) is 1.85. The second-order valence-electron chi connectivity index (χ2n) is 7.60. The van der Waals surface area contributed by atoms with Crippen molar-refractivity contribution in [2.75, 3.05) is 6.61 Å². The van der Waals surface area contributed by atoms with Gasteiger partial charge >= 0.3 is 0 Å². The molecule has 0 aromatic heterocycles. The fourth-order valence-electron chi connectivity index (χ4n) is 4.16. The number of phenolic OH excluding ortho intramolecular Hbond substituents is 1. The molecule has 2 N–H and O–H groups in total. The van der Waals surface area contributed by atoms with Crippen LogP contribution in [0.2, 0.25) is 0 Å². The molecule has 2 aliphatic rings. The van der Waals surface area contributed by atoms with E-state index in [1.807, 2.05) is 6.07 Å². The molecule has 23 heavy (non-hydrogen) atoms. The van der Waals surface area contributed by atoms with Crippen molar-refractivity contribution in [3.05, 3.63) is 34.9 Å². The van der Waals surface area contributed by atoms with Crippen molar-refractivity contribution in [2.45, 2.75) is 64.4 Å². The summed E-state index contributed by atoms with van der Waals surface area (Å²) in [5, 5.41) is 19.6. The predicted molar refractivity (Wildman–Crippen MR) is 92.1 cm³/mol. The minimum Gasteiger partial charge on any atom is -0.507 e. The summed E-state index contributed by atoms with van der Waals surface area (Å²) >= 11 is 0. The van der Waals surface area contributed by atoms with E-state index in [4.69, 9.17) is 9.84 Å². The van der Waals surface area contributed by atoms with Crippen molar-refractivity contribution in [3.8, 4) is 11.5 Å². The molecule has 3 heteroatoms. The van der Waals surface area contributed by atoms with E-state index in [1.165, 1.54) is 5.57 Å². The first-order valence-corrected chi connectivity index (χ1v) is 8.75. The number of hydrogen-bond donors (Lipinski definition) is 2. The second-order valence-corrected chi connectivity index (χ2v) is 7.60. The first-order valence-electron chi connectivity index (χ1n) is 8.75. The number of ether oxygens (including phenoxy) is 1. The van der Waals surface area contributed by atoms with E-state index in [9.17, 15) is 5.11 Å². The van der Waals surface area contributed by atoms with E-state index in [-0.39, 0.29) is 18.1 Å². The fourth-order valence-corrected chi connectivity index (χ4v) is 4.16. The van der Waals surface area contributed by atoms with E-state index in [1.54, 1.807) is 0 Å². The van der Waals surface area contributed by atoms with Gasteiger partial charge < -0.3 is 14.9 Å². The van der Waals surface area contributed by atoms with Crippen LogP contribution in [0.15, 0.2) is 23.8 Å².